The Hall–Kier alpha value is -4.33. The van der Waals surface area contributed by atoms with Gasteiger partial charge in [0.2, 0.25) is 0 Å². The maximum atomic E-state index is 12.5. The second-order valence-corrected chi connectivity index (χ2v) is 6.37. The van der Waals surface area contributed by atoms with Gasteiger partial charge in [-0.15, -0.1) is 5.10 Å². The van der Waals surface area contributed by atoms with E-state index in [0.29, 0.717) is 34.1 Å². The molecule has 0 bridgehead atoms. The van der Waals surface area contributed by atoms with Crippen molar-refractivity contribution in [3.63, 3.8) is 0 Å². The molecule has 0 aliphatic heterocycles. The van der Waals surface area contributed by atoms with Gasteiger partial charge in [-0.3, -0.25) is 10.1 Å². The number of rotatable bonds is 7. The first-order valence-corrected chi connectivity index (χ1v) is 9.36. The molecule has 1 heterocycles. The van der Waals surface area contributed by atoms with Crippen LogP contribution in [0.4, 0.5) is 6.01 Å². The van der Waals surface area contributed by atoms with Gasteiger partial charge in [0, 0.05) is 5.56 Å². The summed E-state index contributed by atoms with van der Waals surface area (Å²) in [6.45, 7) is 0. The molecule has 31 heavy (non-hydrogen) atoms. The van der Waals surface area contributed by atoms with Crippen LogP contribution in [0.1, 0.15) is 10.4 Å². The highest BCUT2D eigenvalue weighted by Crippen LogP contribution is 2.33. The number of nitrogens with zero attached hydrogens (tertiary/aromatic N) is 2. The van der Waals surface area contributed by atoms with Crippen LogP contribution >= 0.6 is 0 Å². The number of ether oxygens (including phenoxy) is 3. The van der Waals surface area contributed by atoms with E-state index >= 15 is 0 Å². The second kappa shape index (κ2) is 9.00. The topological polar surface area (TPSA) is 95.7 Å². The first-order valence-electron chi connectivity index (χ1n) is 9.36. The Morgan fingerprint density at radius 1 is 0.839 bits per heavy atom. The van der Waals surface area contributed by atoms with Gasteiger partial charge in [-0.25, -0.2) is 0 Å². The number of carbonyl (C=O) groups excluding carboxylic acids is 1. The monoisotopic (exact) mass is 417 g/mol. The maximum Gasteiger partial charge on any atom is 0.322 e. The molecule has 1 amide bonds. The van der Waals surface area contributed by atoms with Gasteiger partial charge >= 0.3 is 6.01 Å². The number of para-hydroxylation sites is 1. The number of carbonyl (C=O) groups is 1. The smallest absolute Gasteiger partial charge is 0.322 e. The second-order valence-electron chi connectivity index (χ2n) is 6.37. The lowest BCUT2D eigenvalue weighted by Crippen LogP contribution is -2.11. The van der Waals surface area contributed by atoms with Crippen molar-refractivity contribution in [3.05, 3.63) is 78.4 Å². The van der Waals surface area contributed by atoms with Crippen LogP contribution in [-0.2, 0) is 0 Å². The minimum Gasteiger partial charge on any atom is -0.497 e. The van der Waals surface area contributed by atoms with E-state index in [1.807, 2.05) is 30.3 Å². The standard InChI is InChI=1S/C23H19N3O5/c1-28-18-12-13-20(29-2)19(14-18)22-25-26-23(31-22)24-21(27)15-8-10-17(11-9-15)30-16-6-4-3-5-7-16/h3-14H,1-2H3,(H,24,26,27). The summed E-state index contributed by atoms with van der Waals surface area (Å²) < 4.78 is 21.9. The fourth-order valence-corrected chi connectivity index (χ4v) is 2.83. The molecule has 156 valence electrons. The normalized spacial score (nSPS) is 10.4. The van der Waals surface area contributed by atoms with Crippen LogP contribution in [0.25, 0.3) is 11.5 Å². The van der Waals surface area contributed by atoms with Crippen LogP contribution in [0, 0.1) is 0 Å². The molecule has 0 saturated heterocycles. The molecule has 0 radical (unpaired) electrons. The molecule has 0 aliphatic rings. The number of amides is 1. The summed E-state index contributed by atoms with van der Waals surface area (Å²) >= 11 is 0. The molecule has 1 aromatic heterocycles. The van der Waals surface area contributed by atoms with Gasteiger partial charge in [0.15, 0.2) is 0 Å². The number of hydrogen-bond acceptors (Lipinski definition) is 7. The number of methoxy groups -OCH3 is 2. The summed E-state index contributed by atoms with van der Waals surface area (Å²) in [5, 5.41) is 10.5. The van der Waals surface area contributed by atoms with Gasteiger partial charge in [0.05, 0.1) is 19.8 Å². The minimum atomic E-state index is -0.390. The van der Waals surface area contributed by atoms with Crippen molar-refractivity contribution < 1.29 is 23.4 Å². The molecule has 0 unspecified atom stereocenters. The Morgan fingerprint density at radius 3 is 2.26 bits per heavy atom. The molecule has 3 aromatic carbocycles. The summed E-state index contributed by atoms with van der Waals surface area (Å²) in [7, 11) is 3.09. The summed E-state index contributed by atoms with van der Waals surface area (Å²) in [6.07, 6.45) is 0. The lowest BCUT2D eigenvalue weighted by atomic mass is 10.2. The zero-order chi connectivity index (χ0) is 21.6. The summed E-state index contributed by atoms with van der Waals surface area (Å²) in [5.74, 6) is 2.28. The molecule has 8 nitrogen and oxygen atoms in total. The molecular weight excluding hydrogens is 398 g/mol. The third-order valence-corrected chi connectivity index (χ3v) is 4.38. The summed E-state index contributed by atoms with van der Waals surface area (Å²) in [6, 6.07) is 21.3. The highest BCUT2D eigenvalue weighted by atomic mass is 16.5. The molecular formula is C23H19N3O5. The van der Waals surface area contributed by atoms with Gasteiger partial charge in [0.1, 0.15) is 23.0 Å². The van der Waals surface area contributed by atoms with Gasteiger partial charge in [-0.2, -0.15) is 0 Å². The van der Waals surface area contributed by atoms with Crippen LogP contribution in [-0.4, -0.2) is 30.3 Å². The quantitative estimate of drug-likeness (QED) is 0.461. The highest BCUT2D eigenvalue weighted by Gasteiger charge is 2.17. The van der Waals surface area contributed by atoms with E-state index in [9.17, 15) is 4.79 Å². The SMILES string of the molecule is COc1ccc(OC)c(-c2nnc(NC(=O)c3ccc(Oc4ccccc4)cc3)o2)c1. The van der Waals surface area contributed by atoms with Crippen LogP contribution < -0.4 is 19.5 Å². The van der Waals surface area contributed by atoms with Gasteiger partial charge < -0.3 is 18.6 Å². The third kappa shape index (κ3) is 4.64. The third-order valence-electron chi connectivity index (χ3n) is 4.38. The molecule has 4 aromatic rings. The van der Waals surface area contributed by atoms with Crippen molar-refractivity contribution in [1.29, 1.82) is 0 Å². The lowest BCUT2D eigenvalue weighted by molar-refractivity contribution is 0.102. The molecule has 0 fully saturated rings. The van der Waals surface area contributed by atoms with Crippen molar-refractivity contribution in [3.8, 4) is 34.5 Å². The molecule has 0 saturated carbocycles. The van der Waals surface area contributed by atoms with E-state index in [1.54, 1.807) is 49.6 Å². The van der Waals surface area contributed by atoms with Crippen molar-refractivity contribution in [2.24, 2.45) is 0 Å². The Morgan fingerprint density at radius 2 is 1.55 bits per heavy atom. The van der Waals surface area contributed by atoms with Crippen LogP contribution in [0.5, 0.6) is 23.0 Å². The molecule has 4 rings (SSSR count). The summed E-state index contributed by atoms with van der Waals surface area (Å²) in [5.41, 5.74) is 0.969. The van der Waals surface area contributed by atoms with Gasteiger partial charge in [-0.1, -0.05) is 23.3 Å². The van der Waals surface area contributed by atoms with Gasteiger partial charge in [0.25, 0.3) is 11.8 Å². The lowest BCUT2D eigenvalue weighted by Gasteiger charge is -2.07. The number of benzene rings is 3. The molecule has 1 N–H and O–H groups in total. The van der Waals surface area contributed by atoms with E-state index in [1.165, 1.54) is 7.11 Å². The number of nitrogens with one attached hydrogen (secondary N) is 1. The van der Waals surface area contributed by atoms with Gasteiger partial charge in [-0.05, 0) is 54.6 Å². The van der Waals surface area contributed by atoms with Crippen LogP contribution in [0.3, 0.4) is 0 Å². The fourth-order valence-electron chi connectivity index (χ4n) is 2.83. The average molecular weight is 417 g/mol. The Labute approximate surface area is 178 Å². The van der Waals surface area contributed by atoms with E-state index in [-0.39, 0.29) is 17.8 Å². The molecule has 8 heteroatoms. The van der Waals surface area contributed by atoms with Crippen LogP contribution in [0.15, 0.2) is 77.2 Å². The van der Waals surface area contributed by atoms with Crippen LogP contribution in [0.2, 0.25) is 0 Å². The largest absolute Gasteiger partial charge is 0.497 e. The predicted molar refractivity (Wildman–Crippen MR) is 114 cm³/mol. The molecule has 0 aliphatic carbocycles. The average Bonchev–Trinajstić information content (AvgIpc) is 3.28. The highest BCUT2D eigenvalue weighted by molar-refractivity contribution is 6.03. The first kappa shape index (κ1) is 20.0. The number of aromatic nitrogens is 2. The number of hydrogen-bond donors (Lipinski definition) is 1. The van der Waals surface area contributed by atoms with Crippen molar-refractivity contribution in [2.45, 2.75) is 0 Å². The Balaban J connectivity index is 1.46. The van der Waals surface area contributed by atoms with Crippen molar-refractivity contribution in [2.75, 3.05) is 19.5 Å². The zero-order valence-corrected chi connectivity index (χ0v) is 16.9. The fraction of sp³-hybridized carbons (Fsp3) is 0.0870. The number of anilines is 1. The Kier molecular flexibility index (Phi) is 5.79. The summed E-state index contributed by atoms with van der Waals surface area (Å²) in [4.78, 5) is 12.5. The maximum absolute atomic E-state index is 12.5. The van der Waals surface area contributed by atoms with E-state index in [0.717, 1.165) is 0 Å². The molecule has 0 atom stereocenters. The Bertz CT molecular complexity index is 1170. The van der Waals surface area contributed by atoms with Crippen molar-refractivity contribution >= 4 is 11.9 Å². The zero-order valence-electron chi connectivity index (χ0n) is 16.9. The molecule has 0 spiro atoms. The first-order chi connectivity index (χ1) is 15.2. The van der Waals surface area contributed by atoms with E-state index in [2.05, 4.69) is 15.5 Å². The minimum absolute atomic E-state index is 0.0329. The van der Waals surface area contributed by atoms with Crippen molar-refractivity contribution in [1.82, 2.24) is 10.2 Å². The van der Waals surface area contributed by atoms with E-state index < -0.39 is 0 Å². The van der Waals surface area contributed by atoms with E-state index in [4.69, 9.17) is 18.6 Å². The predicted octanol–water partition coefficient (Wildman–Crippen LogP) is 4.80.